The highest BCUT2D eigenvalue weighted by Crippen LogP contribution is 2.20. The number of nitrogens with zero attached hydrogens (tertiary/aromatic N) is 1. The molecule has 2 aromatic rings. The molecule has 1 unspecified atom stereocenters. The first-order valence-electron chi connectivity index (χ1n) is 8.00. The molecule has 0 aliphatic carbocycles. The molecular formula is C19H24N2O. The maximum Gasteiger partial charge on any atom is 0.220 e. The third-order valence-corrected chi connectivity index (χ3v) is 3.81. The van der Waals surface area contributed by atoms with E-state index in [9.17, 15) is 4.79 Å². The van der Waals surface area contributed by atoms with E-state index < -0.39 is 0 Å². The quantitative estimate of drug-likeness (QED) is 0.807. The van der Waals surface area contributed by atoms with Crippen LogP contribution in [-0.2, 0) is 11.2 Å². The van der Waals surface area contributed by atoms with Gasteiger partial charge in [-0.15, -0.1) is 0 Å². The minimum Gasteiger partial charge on any atom is -0.355 e. The first kappa shape index (κ1) is 16.2. The van der Waals surface area contributed by atoms with Crippen molar-refractivity contribution in [2.24, 2.45) is 0 Å². The van der Waals surface area contributed by atoms with Crippen LogP contribution in [-0.4, -0.2) is 17.4 Å². The lowest BCUT2D eigenvalue weighted by Gasteiger charge is -2.18. The van der Waals surface area contributed by atoms with Gasteiger partial charge >= 0.3 is 0 Å². The van der Waals surface area contributed by atoms with Gasteiger partial charge in [-0.1, -0.05) is 43.7 Å². The topological polar surface area (TPSA) is 42.0 Å². The average Bonchev–Trinajstić information content (AvgIpc) is 2.58. The van der Waals surface area contributed by atoms with Crippen LogP contribution in [0.3, 0.4) is 0 Å². The van der Waals surface area contributed by atoms with Crippen LogP contribution < -0.4 is 5.32 Å². The van der Waals surface area contributed by atoms with Crippen molar-refractivity contribution in [3.05, 3.63) is 66.0 Å². The van der Waals surface area contributed by atoms with Crippen molar-refractivity contribution < 1.29 is 4.79 Å². The van der Waals surface area contributed by atoms with E-state index in [4.69, 9.17) is 0 Å². The number of hydrogen-bond donors (Lipinski definition) is 1. The summed E-state index contributed by atoms with van der Waals surface area (Å²) in [6.07, 6.45) is 7.15. The highest BCUT2D eigenvalue weighted by atomic mass is 16.1. The molecule has 0 saturated carbocycles. The molecule has 0 aliphatic heterocycles. The van der Waals surface area contributed by atoms with Crippen LogP contribution in [0, 0.1) is 0 Å². The number of rotatable bonds is 8. The van der Waals surface area contributed by atoms with Gasteiger partial charge in [0.1, 0.15) is 0 Å². The Morgan fingerprint density at radius 2 is 1.86 bits per heavy atom. The standard InChI is InChI=1S/C19H24N2O/c1-2-3-9-19(22)21-15-18(17-7-5-4-6-8-17)14-16-10-12-20-13-11-16/h4-8,10-13,18H,2-3,9,14-15H2,1H3,(H,21,22). The Labute approximate surface area is 132 Å². The molecule has 1 aromatic heterocycles. The molecule has 0 saturated heterocycles. The van der Waals surface area contributed by atoms with Crippen molar-refractivity contribution in [1.29, 1.82) is 0 Å². The molecule has 1 amide bonds. The normalized spacial score (nSPS) is 11.9. The highest BCUT2D eigenvalue weighted by molar-refractivity contribution is 5.75. The minimum atomic E-state index is 0.150. The number of aromatic nitrogens is 1. The zero-order valence-electron chi connectivity index (χ0n) is 13.2. The summed E-state index contributed by atoms with van der Waals surface area (Å²) in [6, 6.07) is 14.5. The van der Waals surface area contributed by atoms with E-state index in [0.29, 0.717) is 13.0 Å². The van der Waals surface area contributed by atoms with E-state index in [0.717, 1.165) is 19.3 Å². The lowest BCUT2D eigenvalue weighted by molar-refractivity contribution is -0.121. The van der Waals surface area contributed by atoms with Crippen molar-refractivity contribution in [1.82, 2.24) is 10.3 Å². The van der Waals surface area contributed by atoms with Gasteiger partial charge in [0.15, 0.2) is 0 Å². The number of hydrogen-bond acceptors (Lipinski definition) is 2. The molecule has 0 aliphatic rings. The van der Waals surface area contributed by atoms with E-state index in [1.54, 1.807) is 0 Å². The molecular weight excluding hydrogens is 272 g/mol. The van der Waals surface area contributed by atoms with Gasteiger partial charge in [-0.05, 0) is 36.1 Å². The largest absolute Gasteiger partial charge is 0.355 e. The highest BCUT2D eigenvalue weighted by Gasteiger charge is 2.13. The van der Waals surface area contributed by atoms with Crippen LogP contribution in [0.5, 0.6) is 0 Å². The number of amides is 1. The first-order valence-corrected chi connectivity index (χ1v) is 8.00. The van der Waals surface area contributed by atoms with Gasteiger partial charge in [0.25, 0.3) is 0 Å². The van der Waals surface area contributed by atoms with E-state index in [1.807, 2.05) is 42.7 Å². The second-order valence-corrected chi connectivity index (χ2v) is 5.57. The van der Waals surface area contributed by atoms with Gasteiger partial charge in [-0.25, -0.2) is 0 Å². The van der Waals surface area contributed by atoms with Crippen molar-refractivity contribution in [2.75, 3.05) is 6.54 Å². The Morgan fingerprint density at radius 1 is 1.14 bits per heavy atom. The van der Waals surface area contributed by atoms with Gasteiger partial charge in [-0.2, -0.15) is 0 Å². The summed E-state index contributed by atoms with van der Waals surface area (Å²) >= 11 is 0. The predicted octanol–water partition coefficient (Wildman–Crippen LogP) is 3.71. The number of benzene rings is 1. The smallest absolute Gasteiger partial charge is 0.220 e. The molecule has 0 fully saturated rings. The van der Waals surface area contributed by atoms with Crippen LogP contribution in [0.4, 0.5) is 0 Å². The van der Waals surface area contributed by atoms with Crippen LogP contribution in [0.1, 0.15) is 43.2 Å². The van der Waals surface area contributed by atoms with Gasteiger partial charge < -0.3 is 5.32 Å². The van der Waals surface area contributed by atoms with Crippen LogP contribution in [0.2, 0.25) is 0 Å². The summed E-state index contributed by atoms with van der Waals surface area (Å²) in [5.41, 5.74) is 2.50. The monoisotopic (exact) mass is 296 g/mol. The SMILES string of the molecule is CCCCC(=O)NCC(Cc1ccncc1)c1ccccc1. The third kappa shape index (κ3) is 5.32. The second kappa shape index (κ2) is 8.98. The van der Waals surface area contributed by atoms with Crippen molar-refractivity contribution in [3.63, 3.8) is 0 Å². The van der Waals surface area contributed by atoms with Crippen molar-refractivity contribution in [3.8, 4) is 0 Å². The van der Waals surface area contributed by atoms with E-state index in [-0.39, 0.29) is 11.8 Å². The molecule has 0 bridgehead atoms. The molecule has 1 atom stereocenters. The second-order valence-electron chi connectivity index (χ2n) is 5.57. The Hall–Kier alpha value is -2.16. The number of nitrogens with one attached hydrogen (secondary N) is 1. The maximum absolute atomic E-state index is 11.9. The molecule has 22 heavy (non-hydrogen) atoms. The number of carbonyl (C=O) groups excluding carboxylic acids is 1. The summed E-state index contributed by atoms with van der Waals surface area (Å²) in [7, 11) is 0. The fraction of sp³-hybridized carbons (Fsp3) is 0.368. The van der Waals surface area contributed by atoms with Crippen LogP contribution in [0.25, 0.3) is 0 Å². The van der Waals surface area contributed by atoms with E-state index in [1.165, 1.54) is 11.1 Å². The van der Waals surface area contributed by atoms with Gasteiger partial charge in [0.05, 0.1) is 0 Å². The van der Waals surface area contributed by atoms with Crippen LogP contribution >= 0.6 is 0 Å². The number of pyridine rings is 1. The molecule has 2 rings (SSSR count). The van der Waals surface area contributed by atoms with Crippen molar-refractivity contribution in [2.45, 2.75) is 38.5 Å². The lowest BCUT2D eigenvalue weighted by Crippen LogP contribution is -2.29. The lowest BCUT2D eigenvalue weighted by atomic mass is 9.92. The molecule has 116 valence electrons. The summed E-state index contributed by atoms with van der Waals surface area (Å²) in [4.78, 5) is 15.9. The molecule has 3 nitrogen and oxygen atoms in total. The summed E-state index contributed by atoms with van der Waals surface area (Å²) in [5.74, 6) is 0.437. The van der Waals surface area contributed by atoms with Crippen LogP contribution in [0.15, 0.2) is 54.9 Å². The van der Waals surface area contributed by atoms with Gasteiger partial charge in [0.2, 0.25) is 5.91 Å². The van der Waals surface area contributed by atoms with Gasteiger partial charge in [-0.3, -0.25) is 9.78 Å². The summed E-state index contributed by atoms with van der Waals surface area (Å²) in [6.45, 7) is 2.78. The molecule has 0 radical (unpaired) electrons. The maximum atomic E-state index is 11.9. The Morgan fingerprint density at radius 3 is 2.55 bits per heavy atom. The fourth-order valence-corrected chi connectivity index (χ4v) is 2.50. The molecule has 3 heteroatoms. The predicted molar refractivity (Wildman–Crippen MR) is 89.7 cm³/mol. The molecule has 1 aromatic carbocycles. The Balaban J connectivity index is 2.01. The van der Waals surface area contributed by atoms with Gasteiger partial charge in [0, 0.05) is 31.3 Å². The minimum absolute atomic E-state index is 0.150. The van der Waals surface area contributed by atoms with Crippen molar-refractivity contribution >= 4 is 5.91 Å². The number of unbranched alkanes of at least 4 members (excludes halogenated alkanes) is 1. The molecule has 1 N–H and O–H groups in total. The molecule has 1 heterocycles. The first-order chi connectivity index (χ1) is 10.8. The Bertz CT molecular complexity index is 554. The summed E-state index contributed by atoms with van der Waals surface area (Å²) in [5, 5.41) is 3.08. The third-order valence-electron chi connectivity index (χ3n) is 3.81. The molecule has 0 spiro atoms. The van der Waals surface area contributed by atoms with E-state index >= 15 is 0 Å². The fourth-order valence-electron chi connectivity index (χ4n) is 2.50. The zero-order chi connectivity index (χ0) is 15.6. The van der Waals surface area contributed by atoms with E-state index in [2.05, 4.69) is 29.4 Å². The average molecular weight is 296 g/mol. The zero-order valence-corrected chi connectivity index (χ0v) is 13.2. The summed E-state index contributed by atoms with van der Waals surface area (Å²) < 4.78 is 0. The Kier molecular flexibility index (Phi) is 6.62. The number of carbonyl (C=O) groups is 1.